The molecule has 2 aromatic rings. The summed E-state index contributed by atoms with van der Waals surface area (Å²) in [5.74, 6) is 1.83. The molecule has 0 aliphatic rings. The standard InChI is InChI=1S/C18H22N2O5/c1-5-23-17-10-14(6-8-15(17)24-11-12(2)3)7-9-16-18(20(21)22)13(4)19-25-16/h6-10,12H,5,11H2,1-4H3/b9-7+. The predicted octanol–water partition coefficient (Wildman–Crippen LogP) is 4.50. The van der Waals surface area contributed by atoms with Crippen molar-refractivity contribution in [2.45, 2.75) is 27.7 Å². The van der Waals surface area contributed by atoms with Crippen LogP contribution in [0.5, 0.6) is 11.5 Å². The summed E-state index contributed by atoms with van der Waals surface area (Å²) < 4.78 is 16.4. The normalized spacial score (nSPS) is 11.2. The molecule has 2 rings (SSSR count). The first-order chi connectivity index (χ1) is 11.9. The van der Waals surface area contributed by atoms with E-state index in [9.17, 15) is 10.1 Å². The Morgan fingerprint density at radius 2 is 2.04 bits per heavy atom. The first-order valence-electron chi connectivity index (χ1n) is 8.10. The third kappa shape index (κ3) is 4.82. The number of hydrogen-bond donors (Lipinski definition) is 0. The van der Waals surface area contributed by atoms with E-state index in [1.807, 2.05) is 25.1 Å². The highest BCUT2D eigenvalue weighted by atomic mass is 16.6. The number of hydrogen-bond acceptors (Lipinski definition) is 6. The number of nitro groups is 1. The van der Waals surface area contributed by atoms with E-state index in [2.05, 4.69) is 19.0 Å². The van der Waals surface area contributed by atoms with E-state index in [-0.39, 0.29) is 17.1 Å². The van der Waals surface area contributed by atoms with E-state index in [0.29, 0.717) is 30.6 Å². The van der Waals surface area contributed by atoms with Crippen molar-refractivity contribution >= 4 is 17.8 Å². The zero-order valence-electron chi connectivity index (χ0n) is 14.8. The van der Waals surface area contributed by atoms with Gasteiger partial charge in [-0.05, 0) is 43.5 Å². The second kappa shape index (κ2) is 8.32. The van der Waals surface area contributed by atoms with Crippen LogP contribution in [-0.2, 0) is 0 Å². The van der Waals surface area contributed by atoms with Crippen LogP contribution < -0.4 is 9.47 Å². The van der Waals surface area contributed by atoms with Crippen LogP contribution in [0.3, 0.4) is 0 Å². The molecule has 0 radical (unpaired) electrons. The minimum atomic E-state index is -0.500. The van der Waals surface area contributed by atoms with Crippen LogP contribution in [0.4, 0.5) is 5.69 Å². The second-order valence-corrected chi connectivity index (χ2v) is 5.92. The minimum Gasteiger partial charge on any atom is -0.490 e. The Hall–Kier alpha value is -2.83. The molecule has 7 heteroatoms. The Morgan fingerprint density at radius 3 is 2.68 bits per heavy atom. The van der Waals surface area contributed by atoms with Crippen molar-refractivity contribution in [3.8, 4) is 11.5 Å². The molecule has 134 valence electrons. The van der Waals surface area contributed by atoms with Crippen LogP contribution in [-0.4, -0.2) is 23.3 Å². The van der Waals surface area contributed by atoms with Gasteiger partial charge in [0.25, 0.3) is 0 Å². The van der Waals surface area contributed by atoms with Gasteiger partial charge >= 0.3 is 5.69 Å². The first kappa shape index (κ1) is 18.5. The average Bonchev–Trinajstić information content (AvgIpc) is 2.93. The van der Waals surface area contributed by atoms with E-state index < -0.39 is 4.92 Å². The van der Waals surface area contributed by atoms with Gasteiger partial charge in [0.1, 0.15) is 0 Å². The van der Waals surface area contributed by atoms with Gasteiger partial charge in [0.15, 0.2) is 17.2 Å². The molecule has 0 N–H and O–H groups in total. The lowest BCUT2D eigenvalue weighted by Crippen LogP contribution is -2.06. The first-order valence-corrected chi connectivity index (χ1v) is 8.10. The molecule has 0 aliphatic heterocycles. The molecule has 0 amide bonds. The van der Waals surface area contributed by atoms with Gasteiger partial charge in [0.2, 0.25) is 5.76 Å². The molecule has 0 saturated heterocycles. The number of ether oxygens (including phenoxy) is 2. The fourth-order valence-corrected chi connectivity index (χ4v) is 2.16. The maximum absolute atomic E-state index is 11.1. The summed E-state index contributed by atoms with van der Waals surface area (Å²) in [4.78, 5) is 10.6. The van der Waals surface area contributed by atoms with Gasteiger partial charge in [-0.1, -0.05) is 31.1 Å². The van der Waals surface area contributed by atoms with Crippen LogP contribution in [0.25, 0.3) is 12.2 Å². The van der Waals surface area contributed by atoms with Crippen LogP contribution in [0.15, 0.2) is 22.7 Å². The predicted molar refractivity (Wildman–Crippen MR) is 94.8 cm³/mol. The van der Waals surface area contributed by atoms with Crippen LogP contribution in [0.1, 0.15) is 37.8 Å². The van der Waals surface area contributed by atoms with Crippen molar-refractivity contribution in [1.82, 2.24) is 5.16 Å². The molecule has 0 aliphatic carbocycles. The zero-order valence-corrected chi connectivity index (χ0v) is 14.8. The second-order valence-electron chi connectivity index (χ2n) is 5.92. The summed E-state index contributed by atoms with van der Waals surface area (Å²) in [6, 6.07) is 5.50. The molecule has 0 fully saturated rings. The lowest BCUT2D eigenvalue weighted by Gasteiger charge is -2.13. The Labute approximate surface area is 146 Å². The van der Waals surface area contributed by atoms with Crippen molar-refractivity contribution in [3.63, 3.8) is 0 Å². The number of rotatable bonds is 8. The molecular formula is C18H22N2O5. The smallest absolute Gasteiger partial charge is 0.338 e. The van der Waals surface area contributed by atoms with Gasteiger partial charge in [0.05, 0.1) is 18.1 Å². The monoisotopic (exact) mass is 346 g/mol. The average molecular weight is 346 g/mol. The van der Waals surface area contributed by atoms with Gasteiger partial charge in [-0.2, -0.15) is 0 Å². The lowest BCUT2D eigenvalue weighted by atomic mass is 10.1. The molecule has 25 heavy (non-hydrogen) atoms. The summed E-state index contributed by atoms with van der Waals surface area (Å²) in [5, 5.41) is 14.7. The Bertz CT molecular complexity index is 765. The van der Waals surface area contributed by atoms with Gasteiger partial charge in [0, 0.05) is 0 Å². The van der Waals surface area contributed by atoms with Crippen molar-refractivity contribution in [3.05, 3.63) is 45.3 Å². The molecule has 7 nitrogen and oxygen atoms in total. The van der Waals surface area contributed by atoms with Gasteiger partial charge < -0.3 is 14.0 Å². The fourth-order valence-electron chi connectivity index (χ4n) is 2.16. The van der Waals surface area contributed by atoms with E-state index in [1.165, 1.54) is 13.0 Å². The van der Waals surface area contributed by atoms with E-state index in [0.717, 1.165) is 5.56 Å². The highest BCUT2D eigenvalue weighted by molar-refractivity contribution is 5.72. The Morgan fingerprint density at radius 1 is 1.28 bits per heavy atom. The van der Waals surface area contributed by atoms with Gasteiger partial charge in [-0.3, -0.25) is 10.1 Å². The summed E-state index contributed by atoms with van der Waals surface area (Å²) >= 11 is 0. The number of benzene rings is 1. The number of aromatic nitrogens is 1. The van der Waals surface area contributed by atoms with Gasteiger partial charge in [-0.15, -0.1) is 0 Å². The third-order valence-electron chi connectivity index (χ3n) is 3.31. The Balaban J connectivity index is 2.25. The van der Waals surface area contributed by atoms with E-state index >= 15 is 0 Å². The molecule has 0 atom stereocenters. The lowest BCUT2D eigenvalue weighted by molar-refractivity contribution is -0.386. The Kier molecular flexibility index (Phi) is 6.16. The van der Waals surface area contributed by atoms with Crippen LogP contribution in [0, 0.1) is 23.0 Å². The van der Waals surface area contributed by atoms with Crippen molar-refractivity contribution in [1.29, 1.82) is 0 Å². The summed E-state index contributed by atoms with van der Waals surface area (Å²) in [5.41, 5.74) is 0.930. The minimum absolute atomic E-state index is 0.112. The SMILES string of the molecule is CCOc1cc(/C=C/c2onc(C)c2[N+](=O)[O-])ccc1OCC(C)C. The summed E-state index contributed by atoms with van der Waals surface area (Å²) in [6.45, 7) is 8.69. The number of nitrogens with zero attached hydrogens (tertiary/aromatic N) is 2. The number of aryl methyl sites for hydroxylation is 1. The highest BCUT2D eigenvalue weighted by Crippen LogP contribution is 2.30. The molecule has 0 unspecified atom stereocenters. The molecule has 1 aromatic carbocycles. The molecule has 0 saturated carbocycles. The summed E-state index contributed by atoms with van der Waals surface area (Å²) in [6.07, 6.45) is 3.24. The largest absolute Gasteiger partial charge is 0.490 e. The van der Waals surface area contributed by atoms with Crippen molar-refractivity contribution < 1.29 is 18.9 Å². The third-order valence-corrected chi connectivity index (χ3v) is 3.31. The molecule has 1 aromatic heterocycles. The van der Waals surface area contributed by atoms with Gasteiger partial charge in [-0.25, -0.2) is 0 Å². The zero-order chi connectivity index (χ0) is 18.4. The van der Waals surface area contributed by atoms with Crippen molar-refractivity contribution in [2.24, 2.45) is 5.92 Å². The molecular weight excluding hydrogens is 324 g/mol. The highest BCUT2D eigenvalue weighted by Gasteiger charge is 2.21. The topological polar surface area (TPSA) is 87.6 Å². The molecule has 1 heterocycles. The van der Waals surface area contributed by atoms with Crippen molar-refractivity contribution in [2.75, 3.05) is 13.2 Å². The van der Waals surface area contributed by atoms with E-state index in [4.69, 9.17) is 14.0 Å². The fraction of sp³-hybridized carbons (Fsp3) is 0.389. The summed E-state index contributed by atoms with van der Waals surface area (Å²) in [7, 11) is 0. The van der Waals surface area contributed by atoms with E-state index in [1.54, 1.807) is 6.08 Å². The van der Waals surface area contributed by atoms with Crippen LogP contribution >= 0.6 is 0 Å². The molecule has 0 bridgehead atoms. The maximum Gasteiger partial charge on any atom is 0.338 e. The van der Waals surface area contributed by atoms with Crippen LogP contribution in [0.2, 0.25) is 0 Å². The quantitative estimate of drug-likeness (QED) is 0.517. The molecule has 0 spiro atoms. The maximum atomic E-state index is 11.1.